The zero-order chi connectivity index (χ0) is 19.7. The summed E-state index contributed by atoms with van der Waals surface area (Å²) < 4.78 is 5.78. The largest absolute Gasteiger partial charge is 0.502 e. The Hall–Kier alpha value is -4.00. The molecule has 0 fully saturated rings. The first kappa shape index (κ1) is 17.4. The van der Waals surface area contributed by atoms with Gasteiger partial charge in [-0.05, 0) is 55.0 Å². The van der Waals surface area contributed by atoms with E-state index >= 15 is 0 Å². The lowest BCUT2D eigenvalue weighted by molar-refractivity contribution is -0.385. The normalized spacial score (nSPS) is 11.3. The molecule has 138 valence electrons. The minimum Gasteiger partial charge on any atom is -0.502 e. The first-order chi connectivity index (χ1) is 13.5. The highest BCUT2D eigenvalue weighted by atomic mass is 16.6. The molecular weight excluding hydrogens is 358 g/mol. The number of fused-ring (bicyclic) bond motifs is 1. The molecule has 0 saturated carbocycles. The number of phenolic OH excluding ortho intramolecular Hbond substituents is 1. The van der Waals surface area contributed by atoms with Crippen molar-refractivity contribution in [3.63, 3.8) is 0 Å². The van der Waals surface area contributed by atoms with Gasteiger partial charge in [-0.1, -0.05) is 12.1 Å². The van der Waals surface area contributed by atoms with Gasteiger partial charge in [-0.15, -0.1) is 0 Å². The minimum absolute atomic E-state index is 0.271. The SMILES string of the molecule is Cc1ccc2oc(-c3ccc(N=Cc4cccc([N+](=O)[O-])c4O)cc3)nc2c1. The molecular formula is C21H15N3O4. The van der Waals surface area contributed by atoms with Crippen molar-refractivity contribution in [3.8, 4) is 17.2 Å². The highest BCUT2D eigenvalue weighted by Crippen LogP contribution is 2.29. The Morgan fingerprint density at radius 2 is 1.93 bits per heavy atom. The van der Waals surface area contributed by atoms with Gasteiger partial charge < -0.3 is 9.52 Å². The van der Waals surface area contributed by atoms with Crippen LogP contribution in [0.2, 0.25) is 0 Å². The van der Waals surface area contributed by atoms with Gasteiger partial charge in [-0.2, -0.15) is 0 Å². The number of hydrogen-bond donors (Lipinski definition) is 1. The van der Waals surface area contributed by atoms with E-state index in [1.165, 1.54) is 18.3 Å². The fourth-order valence-electron chi connectivity index (χ4n) is 2.80. The average Bonchev–Trinajstić information content (AvgIpc) is 3.10. The van der Waals surface area contributed by atoms with Gasteiger partial charge in [-0.25, -0.2) is 4.98 Å². The maximum Gasteiger partial charge on any atom is 0.311 e. The fraction of sp³-hybridized carbons (Fsp3) is 0.0476. The van der Waals surface area contributed by atoms with Crippen molar-refractivity contribution in [1.82, 2.24) is 4.98 Å². The summed E-state index contributed by atoms with van der Waals surface area (Å²) in [6.45, 7) is 2.00. The summed E-state index contributed by atoms with van der Waals surface area (Å²) in [5.74, 6) is 0.113. The Bertz CT molecular complexity index is 1210. The average molecular weight is 373 g/mol. The second-order valence-electron chi connectivity index (χ2n) is 6.27. The molecule has 7 heteroatoms. The third-order valence-electron chi connectivity index (χ3n) is 4.25. The lowest BCUT2D eigenvalue weighted by Gasteiger charge is -2.00. The lowest BCUT2D eigenvalue weighted by Crippen LogP contribution is -1.91. The molecule has 0 unspecified atom stereocenters. The van der Waals surface area contributed by atoms with E-state index in [1.807, 2.05) is 37.3 Å². The number of nitro groups is 1. The number of aryl methyl sites for hydroxylation is 1. The summed E-state index contributed by atoms with van der Waals surface area (Å²) in [4.78, 5) is 19.0. The van der Waals surface area contributed by atoms with E-state index in [2.05, 4.69) is 9.98 Å². The van der Waals surface area contributed by atoms with Crippen LogP contribution in [0.4, 0.5) is 11.4 Å². The third kappa shape index (κ3) is 3.33. The van der Waals surface area contributed by atoms with Gasteiger partial charge >= 0.3 is 5.69 Å². The summed E-state index contributed by atoms with van der Waals surface area (Å²) in [5.41, 5.74) is 3.99. The number of aliphatic imine (C=N–C) groups is 1. The van der Waals surface area contributed by atoms with Gasteiger partial charge in [0.15, 0.2) is 5.58 Å². The van der Waals surface area contributed by atoms with E-state index in [4.69, 9.17) is 4.42 Å². The van der Waals surface area contributed by atoms with Crippen LogP contribution >= 0.6 is 0 Å². The molecule has 0 aliphatic rings. The van der Waals surface area contributed by atoms with Crippen molar-refractivity contribution >= 4 is 28.7 Å². The molecule has 3 aromatic carbocycles. The summed E-state index contributed by atoms with van der Waals surface area (Å²) >= 11 is 0. The van der Waals surface area contributed by atoms with Crippen LogP contribution in [0.15, 0.2) is 70.1 Å². The monoisotopic (exact) mass is 373 g/mol. The topological polar surface area (TPSA) is 102 Å². The Kier molecular flexibility index (Phi) is 4.33. The van der Waals surface area contributed by atoms with Gasteiger partial charge in [0.1, 0.15) is 5.52 Å². The van der Waals surface area contributed by atoms with Gasteiger partial charge in [0, 0.05) is 23.4 Å². The molecule has 0 atom stereocenters. The number of para-hydroxylation sites is 1. The van der Waals surface area contributed by atoms with Crippen LogP contribution in [0.5, 0.6) is 5.75 Å². The van der Waals surface area contributed by atoms with Crippen LogP contribution in [0.3, 0.4) is 0 Å². The number of aromatic nitrogens is 1. The number of benzene rings is 3. The summed E-state index contributed by atoms with van der Waals surface area (Å²) in [5, 5.41) is 20.9. The van der Waals surface area contributed by atoms with E-state index in [0.717, 1.165) is 22.2 Å². The molecule has 28 heavy (non-hydrogen) atoms. The molecule has 4 aromatic rings. The summed E-state index contributed by atoms with van der Waals surface area (Å²) in [6, 6.07) is 17.3. The third-order valence-corrected chi connectivity index (χ3v) is 4.25. The first-order valence-electron chi connectivity index (χ1n) is 8.49. The number of nitrogens with zero attached hydrogens (tertiary/aromatic N) is 3. The highest BCUT2D eigenvalue weighted by Gasteiger charge is 2.15. The van der Waals surface area contributed by atoms with Gasteiger partial charge in [-0.3, -0.25) is 15.1 Å². The van der Waals surface area contributed by atoms with Crippen molar-refractivity contribution in [1.29, 1.82) is 0 Å². The van der Waals surface area contributed by atoms with Gasteiger partial charge in [0.2, 0.25) is 11.6 Å². The number of hydrogen-bond acceptors (Lipinski definition) is 6. The molecule has 0 spiro atoms. The van der Waals surface area contributed by atoms with Crippen molar-refractivity contribution in [3.05, 3.63) is 81.9 Å². The maximum absolute atomic E-state index is 10.9. The number of phenols is 1. The van der Waals surface area contributed by atoms with E-state index in [-0.39, 0.29) is 11.3 Å². The highest BCUT2D eigenvalue weighted by molar-refractivity contribution is 5.87. The molecule has 0 saturated heterocycles. The maximum atomic E-state index is 10.9. The van der Waals surface area contributed by atoms with Crippen LogP contribution in [-0.2, 0) is 0 Å². The van der Waals surface area contributed by atoms with Crippen LogP contribution < -0.4 is 0 Å². The van der Waals surface area contributed by atoms with E-state index in [0.29, 0.717) is 11.6 Å². The fourth-order valence-corrected chi connectivity index (χ4v) is 2.80. The van der Waals surface area contributed by atoms with E-state index in [9.17, 15) is 15.2 Å². The number of aromatic hydroxyl groups is 1. The molecule has 0 bridgehead atoms. The summed E-state index contributed by atoms with van der Waals surface area (Å²) in [6.07, 6.45) is 1.39. The zero-order valence-corrected chi connectivity index (χ0v) is 14.9. The standard InChI is InChI=1S/C21H15N3O4/c1-13-5-10-19-17(11-13)23-21(28-19)14-6-8-16(9-7-14)22-12-15-3-2-4-18(20(15)25)24(26)27/h2-12,25H,1H3. The minimum atomic E-state index is -0.636. The lowest BCUT2D eigenvalue weighted by atomic mass is 10.2. The number of nitro benzene ring substituents is 1. The molecule has 1 aromatic heterocycles. The number of oxazole rings is 1. The van der Waals surface area contributed by atoms with Gasteiger partial charge in [0.25, 0.3) is 0 Å². The first-order valence-corrected chi connectivity index (χ1v) is 8.49. The van der Waals surface area contributed by atoms with Crippen LogP contribution in [0, 0.1) is 17.0 Å². The molecule has 1 N–H and O–H groups in total. The Morgan fingerprint density at radius 1 is 1.14 bits per heavy atom. The van der Waals surface area contributed by atoms with Crippen LogP contribution in [0.25, 0.3) is 22.6 Å². The smallest absolute Gasteiger partial charge is 0.311 e. The van der Waals surface area contributed by atoms with Crippen molar-refractivity contribution in [2.45, 2.75) is 6.92 Å². The molecule has 1 heterocycles. The van der Waals surface area contributed by atoms with Crippen molar-refractivity contribution < 1.29 is 14.4 Å². The molecule has 0 amide bonds. The molecule has 0 aliphatic carbocycles. The van der Waals surface area contributed by atoms with Crippen LogP contribution in [0.1, 0.15) is 11.1 Å². The molecule has 0 aliphatic heterocycles. The predicted molar refractivity (Wildman–Crippen MR) is 106 cm³/mol. The second-order valence-corrected chi connectivity index (χ2v) is 6.27. The van der Waals surface area contributed by atoms with Crippen molar-refractivity contribution in [2.24, 2.45) is 4.99 Å². The second kappa shape index (κ2) is 6.96. The van der Waals surface area contributed by atoms with Gasteiger partial charge in [0.05, 0.1) is 10.6 Å². The predicted octanol–water partition coefficient (Wildman–Crippen LogP) is 5.17. The van der Waals surface area contributed by atoms with E-state index in [1.54, 1.807) is 18.2 Å². The molecule has 7 nitrogen and oxygen atoms in total. The zero-order valence-electron chi connectivity index (χ0n) is 14.9. The summed E-state index contributed by atoms with van der Waals surface area (Å²) in [7, 11) is 0. The van der Waals surface area contributed by atoms with Crippen LogP contribution in [-0.4, -0.2) is 21.2 Å². The Balaban J connectivity index is 1.59. The van der Waals surface area contributed by atoms with E-state index < -0.39 is 10.7 Å². The molecule has 4 rings (SSSR count). The number of rotatable bonds is 4. The Morgan fingerprint density at radius 3 is 2.68 bits per heavy atom. The quantitative estimate of drug-likeness (QED) is 0.302. The Labute approximate surface area is 159 Å². The van der Waals surface area contributed by atoms with Crippen molar-refractivity contribution in [2.75, 3.05) is 0 Å². The molecule has 0 radical (unpaired) electrons.